The third-order valence-corrected chi connectivity index (χ3v) is 5.40. The molecule has 1 aromatic carbocycles. The first-order chi connectivity index (χ1) is 12.0. The Balaban J connectivity index is 2.38. The minimum Gasteiger partial charge on any atom is -0.391 e. The molecule has 0 spiro atoms. The van der Waals surface area contributed by atoms with Crippen LogP contribution in [0.15, 0.2) is 41.4 Å². The number of benzene rings is 1. The molecule has 0 bridgehead atoms. The van der Waals surface area contributed by atoms with E-state index in [0.29, 0.717) is 12.6 Å². The van der Waals surface area contributed by atoms with Gasteiger partial charge < -0.3 is 15.7 Å². The summed E-state index contributed by atoms with van der Waals surface area (Å²) in [7, 11) is 0. The van der Waals surface area contributed by atoms with Gasteiger partial charge in [-0.05, 0) is 50.1 Å². The monoisotopic (exact) mass is 384 g/mol. The van der Waals surface area contributed by atoms with Crippen LogP contribution in [0.25, 0.3) is 0 Å². The summed E-state index contributed by atoms with van der Waals surface area (Å²) >= 11 is 7.86. The second kappa shape index (κ2) is 12.6. The highest BCUT2D eigenvalue weighted by Gasteiger charge is 2.15. The van der Waals surface area contributed by atoms with Gasteiger partial charge in [-0.25, -0.2) is 0 Å². The van der Waals surface area contributed by atoms with Crippen LogP contribution >= 0.6 is 23.4 Å². The minimum atomic E-state index is -0.314. The zero-order chi connectivity index (χ0) is 18.7. The number of hydrogen-bond acceptors (Lipinski definition) is 4. The van der Waals surface area contributed by atoms with E-state index in [0.717, 1.165) is 42.2 Å². The van der Waals surface area contributed by atoms with Crippen molar-refractivity contribution in [1.82, 2.24) is 10.6 Å². The van der Waals surface area contributed by atoms with Gasteiger partial charge in [0.05, 0.1) is 6.10 Å². The Kier molecular flexibility index (Phi) is 11.3. The molecule has 0 radical (unpaired) electrons. The van der Waals surface area contributed by atoms with Gasteiger partial charge >= 0.3 is 0 Å². The average molecular weight is 385 g/mol. The largest absolute Gasteiger partial charge is 0.391 e. The van der Waals surface area contributed by atoms with E-state index in [1.165, 1.54) is 4.90 Å². The lowest BCUT2D eigenvalue weighted by Gasteiger charge is -2.26. The second-order valence-electron chi connectivity index (χ2n) is 6.47. The summed E-state index contributed by atoms with van der Waals surface area (Å²) in [5.74, 6) is 1.04. The summed E-state index contributed by atoms with van der Waals surface area (Å²) in [6.45, 7) is 11.1. The van der Waals surface area contributed by atoms with E-state index in [4.69, 9.17) is 11.6 Å². The molecule has 0 heterocycles. The van der Waals surface area contributed by atoms with Crippen molar-refractivity contribution in [2.45, 2.75) is 69.5 Å². The minimum absolute atomic E-state index is 0.236. The Morgan fingerprint density at radius 3 is 2.72 bits per heavy atom. The fourth-order valence-electron chi connectivity index (χ4n) is 2.50. The Hall–Kier alpha value is -0.680. The van der Waals surface area contributed by atoms with Crippen molar-refractivity contribution in [3.63, 3.8) is 0 Å². The zero-order valence-corrected chi connectivity index (χ0v) is 17.3. The number of halogens is 1. The third kappa shape index (κ3) is 9.55. The molecule has 3 N–H and O–H groups in total. The number of aliphatic hydroxyl groups is 1. The van der Waals surface area contributed by atoms with Crippen LogP contribution in [0.1, 0.15) is 46.5 Å². The predicted octanol–water partition coefficient (Wildman–Crippen LogP) is 4.84. The lowest BCUT2D eigenvalue weighted by atomic mass is 10.1. The molecule has 0 aliphatic rings. The average Bonchev–Trinajstić information content (AvgIpc) is 2.59. The molecular weight excluding hydrogens is 352 g/mol. The molecule has 0 amide bonds. The first-order valence-corrected chi connectivity index (χ1v) is 10.6. The highest BCUT2D eigenvalue weighted by molar-refractivity contribution is 7.99. The Bertz CT molecular complexity index is 512. The normalized spacial score (nSPS) is 14.8. The van der Waals surface area contributed by atoms with Gasteiger partial charge in [-0.15, -0.1) is 11.8 Å². The summed E-state index contributed by atoms with van der Waals surface area (Å²) in [5.41, 5.74) is 0.976. The van der Waals surface area contributed by atoms with E-state index in [1.54, 1.807) is 0 Å². The number of aliphatic hydroxyl groups excluding tert-OH is 1. The molecule has 5 heteroatoms. The molecule has 142 valence electrons. The van der Waals surface area contributed by atoms with Gasteiger partial charge in [-0.1, -0.05) is 44.5 Å². The standard InChI is InChI=1S/C20H33ClN2OS/c1-5-8-20(16(4)22-14-18(24)6-2)23-15(3)11-12-25-19-10-7-9-17(21)13-19/h7,9-10,13,15,18,20,22-24H,4-6,8,11-12,14H2,1-3H3/t15?,18?,20-/m0/s1. The summed E-state index contributed by atoms with van der Waals surface area (Å²) in [4.78, 5) is 1.21. The Labute approximate surface area is 162 Å². The van der Waals surface area contributed by atoms with Crippen LogP contribution in [0.2, 0.25) is 5.02 Å². The zero-order valence-electron chi connectivity index (χ0n) is 15.7. The maximum absolute atomic E-state index is 9.71. The Morgan fingerprint density at radius 2 is 2.08 bits per heavy atom. The van der Waals surface area contributed by atoms with Crippen molar-refractivity contribution >= 4 is 23.4 Å². The smallest absolute Gasteiger partial charge is 0.0709 e. The molecule has 0 saturated carbocycles. The van der Waals surface area contributed by atoms with Crippen LogP contribution in [0.3, 0.4) is 0 Å². The number of rotatable bonds is 13. The maximum Gasteiger partial charge on any atom is 0.0709 e. The first kappa shape index (κ1) is 22.4. The number of hydrogen-bond donors (Lipinski definition) is 3. The SMILES string of the molecule is C=C(NCC(O)CC)[C@H](CCC)NC(C)CCSc1cccc(Cl)c1. The molecule has 25 heavy (non-hydrogen) atoms. The van der Waals surface area contributed by atoms with Gasteiger partial charge in [0, 0.05) is 34.2 Å². The van der Waals surface area contributed by atoms with Crippen molar-refractivity contribution in [3.8, 4) is 0 Å². The molecular formula is C20H33ClN2OS. The molecule has 2 unspecified atom stereocenters. The maximum atomic E-state index is 9.71. The van der Waals surface area contributed by atoms with Crippen LogP contribution in [0.5, 0.6) is 0 Å². The number of nitrogens with one attached hydrogen (secondary N) is 2. The molecule has 0 saturated heterocycles. The Morgan fingerprint density at radius 1 is 1.32 bits per heavy atom. The van der Waals surface area contributed by atoms with Crippen molar-refractivity contribution in [2.24, 2.45) is 0 Å². The van der Waals surface area contributed by atoms with Crippen LogP contribution < -0.4 is 10.6 Å². The van der Waals surface area contributed by atoms with Crippen molar-refractivity contribution in [1.29, 1.82) is 0 Å². The van der Waals surface area contributed by atoms with E-state index in [9.17, 15) is 5.11 Å². The molecule has 3 atom stereocenters. The third-order valence-electron chi connectivity index (χ3n) is 4.14. The van der Waals surface area contributed by atoms with Crippen LogP contribution in [0, 0.1) is 0 Å². The van der Waals surface area contributed by atoms with Crippen LogP contribution in [-0.4, -0.2) is 35.6 Å². The van der Waals surface area contributed by atoms with Gasteiger partial charge in [0.1, 0.15) is 0 Å². The molecule has 3 nitrogen and oxygen atoms in total. The second-order valence-corrected chi connectivity index (χ2v) is 8.08. The molecule has 0 fully saturated rings. The molecule has 0 aliphatic heterocycles. The highest BCUT2D eigenvalue weighted by atomic mass is 35.5. The van der Waals surface area contributed by atoms with E-state index < -0.39 is 0 Å². The van der Waals surface area contributed by atoms with Crippen molar-refractivity contribution in [3.05, 3.63) is 41.6 Å². The van der Waals surface area contributed by atoms with Gasteiger partial charge in [0.25, 0.3) is 0 Å². The summed E-state index contributed by atoms with van der Waals surface area (Å²) in [5, 5.41) is 17.5. The molecule has 0 aromatic heterocycles. The van der Waals surface area contributed by atoms with Crippen molar-refractivity contribution < 1.29 is 5.11 Å². The van der Waals surface area contributed by atoms with E-state index in [1.807, 2.05) is 36.9 Å². The molecule has 1 rings (SSSR count). The van der Waals surface area contributed by atoms with Gasteiger partial charge in [-0.3, -0.25) is 0 Å². The topological polar surface area (TPSA) is 44.3 Å². The van der Waals surface area contributed by atoms with E-state index >= 15 is 0 Å². The fourth-order valence-corrected chi connectivity index (χ4v) is 3.85. The van der Waals surface area contributed by atoms with Gasteiger partial charge in [0.2, 0.25) is 0 Å². The van der Waals surface area contributed by atoms with Gasteiger partial charge in [0.15, 0.2) is 0 Å². The van der Waals surface area contributed by atoms with E-state index in [2.05, 4.69) is 37.1 Å². The quantitative estimate of drug-likeness (QED) is 0.425. The lowest BCUT2D eigenvalue weighted by Crippen LogP contribution is -2.42. The first-order valence-electron chi connectivity index (χ1n) is 9.21. The number of thioether (sulfide) groups is 1. The highest BCUT2D eigenvalue weighted by Crippen LogP contribution is 2.22. The van der Waals surface area contributed by atoms with Crippen molar-refractivity contribution in [2.75, 3.05) is 12.3 Å². The van der Waals surface area contributed by atoms with E-state index in [-0.39, 0.29) is 12.1 Å². The lowest BCUT2D eigenvalue weighted by molar-refractivity contribution is 0.169. The van der Waals surface area contributed by atoms with Gasteiger partial charge in [-0.2, -0.15) is 0 Å². The van der Waals surface area contributed by atoms with Crippen LogP contribution in [-0.2, 0) is 0 Å². The summed E-state index contributed by atoms with van der Waals surface area (Å²) in [6, 6.07) is 8.63. The summed E-state index contributed by atoms with van der Waals surface area (Å²) < 4.78 is 0. The summed E-state index contributed by atoms with van der Waals surface area (Å²) in [6.07, 6.45) is 3.65. The molecule has 1 aromatic rings. The van der Waals surface area contributed by atoms with Crippen LogP contribution in [0.4, 0.5) is 0 Å². The molecule has 0 aliphatic carbocycles. The predicted molar refractivity (Wildman–Crippen MR) is 112 cm³/mol. The fraction of sp³-hybridized carbons (Fsp3) is 0.600.